The summed E-state index contributed by atoms with van der Waals surface area (Å²) in [6.07, 6.45) is 8.68. The quantitative estimate of drug-likeness (QED) is 0.206. The van der Waals surface area contributed by atoms with Crippen LogP contribution in [0.15, 0.2) is 67.5 Å². The van der Waals surface area contributed by atoms with Crippen molar-refractivity contribution >= 4 is 39.8 Å². The molecule has 0 radical (unpaired) electrons. The number of benzene rings is 2. The Morgan fingerprint density at radius 2 is 1.95 bits per heavy atom. The predicted molar refractivity (Wildman–Crippen MR) is 167 cm³/mol. The Morgan fingerprint density at radius 3 is 2.71 bits per heavy atom. The lowest BCUT2D eigenvalue weighted by Crippen LogP contribution is -2.29. The maximum atomic E-state index is 12.4. The highest BCUT2D eigenvalue weighted by atomic mass is 16.5. The Kier molecular flexibility index (Phi) is 8.54. The molecular formula is C32H39N7O2. The molecule has 1 amide bonds. The number of amides is 1. The van der Waals surface area contributed by atoms with E-state index in [1.807, 2.05) is 58.5 Å². The van der Waals surface area contributed by atoms with Gasteiger partial charge in [-0.05, 0) is 50.7 Å². The molecule has 5 rings (SSSR count). The minimum absolute atomic E-state index is 0.283. The lowest BCUT2D eigenvalue weighted by Gasteiger charge is -2.26. The molecule has 0 saturated heterocycles. The molecule has 2 aromatic carbocycles. The van der Waals surface area contributed by atoms with Crippen molar-refractivity contribution in [3.05, 3.63) is 67.5 Å². The van der Waals surface area contributed by atoms with Crippen molar-refractivity contribution in [2.24, 2.45) is 13.0 Å². The van der Waals surface area contributed by atoms with E-state index < -0.39 is 0 Å². The van der Waals surface area contributed by atoms with Crippen LogP contribution in [0, 0.1) is 5.92 Å². The van der Waals surface area contributed by atoms with E-state index in [1.54, 1.807) is 6.20 Å². The highest BCUT2D eigenvalue weighted by molar-refractivity contribution is 6.02. The zero-order valence-corrected chi connectivity index (χ0v) is 24.4. The van der Waals surface area contributed by atoms with Gasteiger partial charge >= 0.3 is 0 Å². The molecule has 2 aromatic heterocycles. The number of anilines is 4. The van der Waals surface area contributed by atoms with Crippen LogP contribution in [-0.4, -0.2) is 66.2 Å². The molecule has 0 aliphatic heterocycles. The standard InChI is InChI=1S/C32H39N7O2/c1-6-31(40)34-26-19-27(30(41-18-14-22-11-12-22)20-29(26)38(4)17-16-37(2)3)36-32-33-15-13-25(35-32)24-21-39(5)28-10-8-7-9-23(24)28/h6-10,13,15,19-22H,1,11-12,14,16-18H2,2-5H3,(H,34,40)(H,33,35,36). The average molecular weight is 554 g/mol. The Balaban J connectivity index is 1.50. The van der Waals surface area contributed by atoms with Gasteiger partial charge in [0.2, 0.25) is 11.9 Å². The molecule has 2 N–H and O–H groups in total. The first-order valence-electron chi connectivity index (χ1n) is 14.1. The van der Waals surface area contributed by atoms with Crippen LogP contribution in [0.3, 0.4) is 0 Å². The zero-order valence-electron chi connectivity index (χ0n) is 24.4. The number of fused-ring (bicyclic) bond motifs is 1. The van der Waals surface area contributed by atoms with Crippen molar-refractivity contribution in [2.45, 2.75) is 19.3 Å². The first kappa shape index (κ1) is 28.2. The predicted octanol–water partition coefficient (Wildman–Crippen LogP) is 5.68. The fraction of sp³-hybridized carbons (Fsp3) is 0.344. The van der Waals surface area contributed by atoms with Crippen LogP contribution < -0.4 is 20.3 Å². The summed E-state index contributed by atoms with van der Waals surface area (Å²) in [5, 5.41) is 7.48. The van der Waals surface area contributed by atoms with Gasteiger partial charge < -0.3 is 29.7 Å². The van der Waals surface area contributed by atoms with Crippen molar-refractivity contribution in [3.63, 3.8) is 0 Å². The molecule has 0 unspecified atom stereocenters. The van der Waals surface area contributed by atoms with Crippen molar-refractivity contribution < 1.29 is 9.53 Å². The number of aryl methyl sites for hydroxylation is 1. The second kappa shape index (κ2) is 12.4. The van der Waals surface area contributed by atoms with Crippen LogP contribution in [0.1, 0.15) is 19.3 Å². The number of carbonyl (C=O) groups excluding carboxylic acids is 1. The van der Waals surface area contributed by atoms with E-state index in [0.29, 0.717) is 29.7 Å². The second-order valence-electron chi connectivity index (χ2n) is 10.9. The van der Waals surface area contributed by atoms with Gasteiger partial charge in [0.15, 0.2) is 0 Å². The molecule has 1 fully saturated rings. The van der Waals surface area contributed by atoms with Gasteiger partial charge in [0.1, 0.15) is 5.75 Å². The summed E-state index contributed by atoms with van der Waals surface area (Å²) in [6, 6.07) is 14.1. The van der Waals surface area contributed by atoms with Crippen LogP contribution in [0.4, 0.5) is 23.0 Å². The molecule has 9 nitrogen and oxygen atoms in total. The van der Waals surface area contributed by atoms with Gasteiger partial charge in [-0.25, -0.2) is 9.97 Å². The summed E-state index contributed by atoms with van der Waals surface area (Å²) in [5.74, 6) is 1.60. The third kappa shape index (κ3) is 6.86. The van der Waals surface area contributed by atoms with E-state index in [1.165, 1.54) is 18.9 Å². The number of hydrogen-bond acceptors (Lipinski definition) is 7. The molecule has 1 aliphatic rings. The van der Waals surface area contributed by atoms with E-state index >= 15 is 0 Å². The topological polar surface area (TPSA) is 87.5 Å². The number of nitrogens with zero attached hydrogens (tertiary/aromatic N) is 5. The van der Waals surface area contributed by atoms with Crippen molar-refractivity contribution in [2.75, 3.05) is 56.4 Å². The highest BCUT2D eigenvalue weighted by Gasteiger charge is 2.22. The van der Waals surface area contributed by atoms with Gasteiger partial charge in [0.05, 0.1) is 29.4 Å². The summed E-state index contributed by atoms with van der Waals surface area (Å²) < 4.78 is 8.45. The Morgan fingerprint density at radius 1 is 1.15 bits per heavy atom. The van der Waals surface area contributed by atoms with Gasteiger partial charge in [0, 0.05) is 62.1 Å². The van der Waals surface area contributed by atoms with Gasteiger partial charge in [-0.3, -0.25) is 4.79 Å². The van der Waals surface area contributed by atoms with E-state index in [9.17, 15) is 4.79 Å². The van der Waals surface area contributed by atoms with Crippen LogP contribution in [0.25, 0.3) is 22.2 Å². The largest absolute Gasteiger partial charge is 0.491 e. The van der Waals surface area contributed by atoms with Gasteiger partial charge in [-0.2, -0.15) is 0 Å². The van der Waals surface area contributed by atoms with Crippen molar-refractivity contribution in [1.29, 1.82) is 0 Å². The van der Waals surface area contributed by atoms with Crippen LogP contribution in [-0.2, 0) is 11.8 Å². The Labute approximate surface area is 241 Å². The van der Waals surface area contributed by atoms with Crippen LogP contribution in [0.2, 0.25) is 0 Å². The molecule has 0 bridgehead atoms. The molecule has 1 aliphatic carbocycles. The van der Waals surface area contributed by atoms with E-state index in [-0.39, 0.29) is 5.91 Å². The first-order valence-corrected chi connectivity index (χ1v) is 14.1. The lowest BCUT2D eigenvalue weighted by molar-refractivity contribution is -0.111. The zero-order chi connectivity index (χ0) is 28.9. The Hall–Kier alpha value is -4.37. The maximum absolute atomic E-state index is 12.4. The number of hydrogen-bond donors (Lipinski definition) is 2. The molecule has 9 heteroatoms. The summed E-state index contributed by atoms with van der Waals surface area (Å²) in [7, 11) is 8.13. The first-order chi connectivity index (χ1) is 19.8. The lowest BCUT2D eigenvalue weighted by atomic mass is 10.1. The monoisotopic (exact) mass is 553 g/mol. The smallest absolute Gasteiger partial charge is 0.247 e. The molecule has 0 atom stereocenters. The second-order valence-corrected chi connectivity index (χ2v) is 10.9. The van der Waals surface area contributed by atoms with Crippen LogP contribution >= 0.6 is 0 Å². The minimum atomic E-state index is -0.283. The molecule has 41 heavy (non-hydrogen) atoms. The SMILES string of the molecule is C=CC(=O)Nc1cc(Nc2nccc(-c3cn(C)c4ccccc34)n2)c(OCCC2CC2)cc1N(C)CCN(C)C. The highest BCUT2D eigenvalue weighted by Crippen LogP contribution is 2.39. The summed E-state index contributed by atoms with van der Waals surface area (Å²) >= 11 is 0. The average Bonchev–Trinajstić information content (AvgIpc) is 3.74. The van der Waals surface area contributed by atoms with E-state index in [4.69, 9.17) is 9.72 Å². The summed E-state index contributed by atoms with van der Waals surface area (Å²) in [4.78, 5) is 26.0. The normalized spacial score (nSPS) is 12.9. The van der Waals surface area contributed by atoms with Gasteiger partial charge in [0.25, 0.3) is 0 Å². The molecule has 2 heterocycles. The molecule has 214 valence electrons. The molecule has 0 spiro atoms. The third-order valence-corrected chi connectivity index (χ3v) is 7.39. The molecule has 4 aromatic rings. The fourth-order valence-corrected chi connectivity index (χ4v) is 4.83. The Bertz CT molecular complexity index is 1540. The summed E-state index contributed by atoms with van der Waals surface area (Å²) in [6.45, 7) is 5.88. The number of rotatable bonds is 13. The van der Waals surface area contributed by atoms with E-state index in [0.717, 1.165) is 53.3 Å². The van der Waals surface area contributed by atoms with Gasteiger partial charge in [-0.15, -0.1) is 0 Å². The molecule has 1 saturated carbocycles. The maximum Gasteiger partial charge on any atom is 0.247 e. The summed E-state index contributed by atoms with van der Waals surface area (Å²) in [5.41, 5.74) is 5.18. The number of likely N-dealkylation sites (N-methyl/N-ethyl adjacent to an activating group) is 2. The third-order valence-electron chi connectivity index (χ3n) is 7.39. The van der Waals surface area contributed by atoms with Gasteiger partial charge in [-0.1, -0.05) is 37.6 Å². The van der Waals surface area contributed by atoms with Crippen molar-refractivity contribution in [1.82, 2.24) is 19.4 Å². The number of carbonyl (C=O) groups is 1. The number of nitrogens with one attached hydrogen (secondary N) is 2. The minimum Gasteiger partial charge on any atom is -0.491 e. The number of aromatic nitrogens is 3. The molecular weight excluding hydrogens is 514 g/mol. The fourth-order valence-electron chi connectivity index (χ4n) is 4.83. The van der Waals surface area contributed by atoms with Crippen molar-refractivity contribution in [3.8, 4) is 17.0 Å². The van der Waals surface area contributed by atoms with Crippen LogP contribution in [0.5, 0.6) is 5.75 Å². The number of ether oxygens (including phenoxy) is 1. The number of para-hydroxylation sites is 1. The van der Waals surface area contributed by atoms with E-state index in [2.05, 4.69) is 54.9 Å².